The summed E-state index contributed by atoms with van der Waals surface area (Å²) in [4.78, 5) is 10.5. The summed E-state index contributed by atoms with van der Waals surface area (Å²) in [5.74, 6) is 2.04. The summed E-state index contributed by atoms with van der Waals surface area (Å²) in [5.41, 5.74) is 6.57. The van der Waals surface area contributed by atoms with Crippen molar-refractivity contribution >= 4 is 11.5 Å². The molecule has 2 N–H and O–H groups in total. The van der Waals surface area contributed by atoms with E-state index in [1.807, 2.05) is 0 Å². The van der Waals surface area contributed by atoms with Crippen molar-refractivity contribution in [3.63, 3.8) is 0 Å². The van der Waals surface area contributed by atoms with Gasteiger partial charge in [-0.1, -0.05) is 0 Å². The highest BCUT2D eigenvalue weighted by atomic mass is 16.5. The number of ether oxygens (including phenoxy) is 1. The fraction of sp³-hybridized carbons (Fsp3) is 0.667. The van der Waals surface area contributed by atoms with Crippen LogP contribution in [0.3, 0.4) is 0 Å². The molecule has 0 spiro atoms. The number of anilines is 2. The molecular weight excluding hydrogens is 216 g/mol. The minimum atomic E-state index is 0.373. The van der Waals surface area contributed by atoms with Gasteiger partial charge in [-0.05, 0) is 32.6 Å². The molecule has 0 saturated heterocycles. The van der Waals surface area contributed by atoms with Crippen molar-refractivity contribution in [1.29, 1.82) is 0 Å². The fourth-order valence-corrected chi connectivity index (χ4v) is 1.88. The summed E-state index contributed by atoms with van der Waals surface area (Å²) < 4.78 is 5.13. The van der Waals surface area contributed by atoms with Crippen molar-refractivity contribution in [3.8, 4) is 5.88 Å². The number of rotatable bonds is 5. The molecule has 94 valence electrons. The van der Waals surface area contributed by atoms with Crippen LogP contribution < -0.4 is 15.4 Å². The van der Waals surface area contributed by atoms with E-state index in [1.165, 1.54) is 19.2 Å². The molecule has 1 aliphatic carbocycles. The summed E-state index contributed by atoms with van der Waals surface area (Å²) in [5, 5.41) is 0. The smallest absolute Gasteiger partial charge is 0.242 e. The third-order valence-electron chi connectivity index (χ3n) is 3.07. The van der Waals surface area contributed by atoms with Gasteiger partial charge in [-0.15, -0.1) is 0 Å². The maximum Gasteiger partial charge on any atom is 0.242 e. The molecule has 2 rings (SSSR count). The molecule has 1 aromatic heterocycles. The van der Waals surface area contributed by atoms with Gasteiger partial charge in [-0.25, -0.2) is 4.98 Å². The number of hydrogen-bond acceptors (Lipinski definition) is 5. The topological polar surface area (TPSA) is 64.3 Å². The highest BCUT2D eigenvalue weighted by Gasteiger charge is 2.27. The Morgan fingerprint density at radius 2 is 2.18 bits per heavy atom. The lowest BCUT2D eigenvalue weighted by molar-refractivity contribution is 0.399. The molecule has 0 radical (unpaired) electrons. The van der Waals surface area contributed by atoms with Gasteiger partial charge in [0.2, 0.25) is 5.88 Å². The van der Waals surface area contributed by atoms with Crippen molar-refractivity contribution in [2.24, 2.45) is 5.92 Å². The first-order valence-corrected chi connectivity index (χ1v) is 6.04. The molecule has 0 aromatic carbocycles. The van der Waals surface area contributed by atoms with E-state index in [4.69, 9.17) is 10.5 Å². The number of nitrogen functional groups attached to an aromatic ring is 1. The molecular formula is C12H20N4O. The molecule has 0 aliphatic heterocycles. The van der Waals surface area contributed by atoms with Crippen LogP contribution in [0.25, 0.3) is 0 Å². The van der Waals surface area contributed by atoms with E-state index in [0.717, 1.165) is 18.3 Å². The van der Waals surface area contributed by atoms with E-state index in [1.54, 1.807) is 7.11 Å². The van der Waals surface area contributed by atoms with E-state index in [9.17, 15) is 0 Å². The molecule has 5 nitrogen and oxygen atoms in total. The van der Waals surface area contributed by atoms with Gasteiger partial charge in [-0.2, -0.15) is 4.98 Å². The van der Waals surface area contributed by atoms with Gasteiger partial charge < -0.3 is 15.4 Å². The molecule has 17 heavy (non-hydrogen) atoms. The predicted octanol–water partition coefficient (Wildman–Crippen LogP) is 1.69. The monoisotopic (exact) mass is 236 g/mol. The van der Waals surface area contributed by atoms with Crippen LogP contribution in [-0.2, 0) is 0 Å². The Balaban J connectivity index is 2.27. The Morgan fingerprint density at radius 3 is 2.71 bits per heavy atom. The third kappa shape index (κ3) is 2.60. The van der Waals surface area contributed by atoms with Crippen LogP contribution in [0.15, 0.2) is 6.33 Å². The van der Waals surface area contributed by atoms with E-state index in [2.05, 4.69) is 28.7 Å². The van der Waals surface area contributed by atoms with Gasteiger partial charge in [0.1, 0.15) is 12.0 Å². The van der Waals surface area contributed by atoms with Crippen molar-refractivity contribution < 1.29 is 4.74 Å². The van der Waals surface area contributed by atoms with Crippen molar-refractivity contribution in [3.05, 3.63) is 6.33 Å². The first kappa shape index (κ1) is 12.0. The minimum absolute atomic E-state index is 0.373. The zero-order chi connectivity index (χ0) is 12.4. The summed E-state index contributed by atoms with van der Waals surface area (Å²) in [6.07, 6.45) is 4.13. The summed E-state index contributed by atoms with van der Waals surface area (Å²) in [7, 11) is 1.57. The van der Waals surface area contributed by atoms with Crippen LogP contribution in [0.5, 0.6) is 5.88 Å². The van der Waals surface area contributed by atoms with Gasteiger partial charge in [0.05, 0.1) is 7.11 Å². The zero-order valence-corrected chi connectivity index (χ0v) is 10.7. The van der Waals surface area contributed by atoms with Gasteiger partial charge >= 0.3 is 0 Å². The van der Waals surface area contributed by atoms with E-state index >= 15 is 0 Å². The largest absolute Gasteiger partial charge is 0.479 e. The van der Waals surface area contributed by atoms with E-state index in [-0.39, 0.29) is 0 Å². The van der Waals surface area contributed by atoms with Crippen LogP contribution >= 0.6 is 0 Å². The average molecular weight is 236 g/mol. The molecule has 1 saturated carbocycles. The van der Waals surface area contributed by atoms with E-state index < -0.39 is 0 Å². The highest BCUT2D eigenvalue weighted by Crippen LogP contribution is 2.35. The van der Waals surface area contributed by atoms with Crippen LogP contribution in [0, 0.1) is 5.92 Å². The number of hydrogen-bond donors (Lipinski definition) is 1. The van der Waals surface area contributed by atoms with Gasteiger partial charge in [0.15, 0.2) is 5.82 Å². The second-order valence-electron chi connectivity index (χ2n) is 4.81. The number of nitrogens with two attached hydrogens (primary N) is 1. The summed E-state index contributed by atoms with van der Waals surface area (Å²) >= 11 is 0. The molecule has 5 heteroatoms. The van der Waals surface area contributed by atoms with Gasteiger partial charge in [0.25, 0.3) is 0 Å². The number of aromatic nitrogens is 2. The maximum atomic E-state index is 6.04. The standard InChI is InChI=1S/C12H20N4O/c1-8(2)16(6-9-4-5-9)11-10(13)12(17-3)15-7-14-11/h7-9H,4-6,13H2,1-3H3. The molecule has 1 aliphatic rings. The second-order valence-corrected chi connectivity index (χ2v) is 4.81. The molecule has 0 unspecified atom stereocenters. The Morgan fingerprint density at radius 1 is 1.47 bits per heavy atom. The Hall–Kier alpha value is -1.52. The van der Waals surface area contributed by atoms with Crippen LogP contribution in [0.4, 0.5) is 11.5 Å². The molecule has 1 fully saturated rings. The zero-order valence-electron chi connectivity index (χ0n) is 10.7. The molecule has 0 atom stereocenters. The maximum absolute atomic E-state index is 6.04. The molecule has 1 heterocycles. The number of methoxy groups -OCH3 is 1. The van der Waals surface area contributed by atoms with Gasteiger partial charge in [0, 0.05) is 12.6 Å². The summed E-state index contributed by atoms with van der Waals surface area (Å²) in [6, 6.07) is 0.373. The molecule has 0 bridgehead atoms. The van der Waals surface area contributed by atoms with Crippen LogP contribution in [0.1, 0.15) is 26.7 Å². The lowest BCUT2D eigenvalue weighted by atomic mass is 10.2. The number of nitrogens with zero attached hydrogens (tertiary/aromatic N) is 3. The average Bonchev–Trinajstić information content (AvgIpc) is 3.10. The van der Waals surface area contributed by atoms with Crippen molar-refractivity contribution in [1.82, 2.24) is 9.97 Å². The van der Waals surface area contributed by atoms with Crippen molar-refractivity contribution in [2.45, 2.75) is 32.7 Å². The minimum Gasteiger partial charge on any atom is -0.479 e. The highest BCUT2D eigenvalue weighted by molar-refractivity contribution is 5.68. The Labute approximate surface area is 102 Å². The first-order chi connectivity index (χ1) is 8.13. The quantitative estimate of drug-likeness (QED) is 0.842. The molecule has 0 amide bonds. The lowest BCUT2D eigenvalue weighted by Gasteiger charge is -2.29. The first-order valence-electron chi connectivity index (χ1n) is 6.04. The van der Waals surface area contributed by atoms with Gasteiger partial charge in [-0.3, -0.25) is 0 Å². The van der Waals surface area contributed by atoms with Crippen LogP contribution in [0.2, 0.25) is 0 Å². The Kier molecular flexibility index (Phi) is 3.36. The van der Waals surface area contributed by atoms with Crippen molar-refractivity contribution in [2.75, 3.05) is 24.3 Å². The molecule has 1 aromatic rings. The SMILES string of the molecule is COc1ncnc(N(CC2CC2)C(C)C)c1N. The predicted molar refractivity (Wildman–Crippen MR) is 68.2 cm³/mol. The third-order valence-corrected chi connectivity index (χ3v) is 3.07. The normalized spacial score (nSPS) is 15.1. The Bertz CT molecular complexity index is 390. The lowest BCUT2D eigenvalue weighted by Crippen LogP contribution is -2.34. The van der Waals surface area contributed by atoms with E-state index in [0.29, 0.717) is 17.6 Å². The van der Waals surface area contributed by atoms with Crippen LogP contribution in [-0.4, -0.2) is 29.7 Å². The fourth-order valence-electron chi connectivity index (χ4n) is 1.88. The second kappa shape index (κ2) is 4.77. The summed E-state index contributed by atoms with van der Waals surface area (Å²) in [6.45, 7) is 5.31.